The van der Waals surface area contributed by atoms with Gasteiger partial charge in [-0.2, -0.15) is 13.2 Å². The van der Waals surface area contributed by atoms with Crippen molar-refractivity contribution in [3.8, 4) is 5.75 Å². The van der Waals surface area contributed by atoms with Gasteiger partial charge in [0.25, 0.3) is 0 Å². The van der Waals surface area contributed by atoms with Gasteiger partial charge in [0.2, 0.25) is 0 Å². The van der Waals surface area contributed by atoms with Crippen LogP contribution in [0.1, 0.15) is 11.1 Å². The molecule has 0 saturated carbocycles. The lowest BCUT2D eigenvalue weighted by Crippen LogP contribution is -2.07. The minimum Gasteiger partial charge on any atom is -0.497 e. The van der Waals surface area contributed by atoms with Gasteiger partial charge in [-0.3, -0.25) is 0 Å². The van der Waals surface area contributed by atoms with E-state index in [1.54, 1.807) is 19.2 Å². The Hall–Kier alpha value is -1.66. The summed E-state index contributed by atoms with van der Waals surface area (Å²) in [6.07, 6.45) is -4.35. The van der Waals surface area contributed by atoms with Crippen LogP contribution in [0, 0.1) is 0 Å². The minimum atomic E-state index is -4.35. The third kappa shape index (κ3) is 3.92. The first-order valence-corrected chi connectivity index (χ1v) is 6.98. The molecule has 0 fully saturated rings. The van der Waals surface area contributed by atoms with Crippen molar-refractivity contribution >= 4 is 11.8 Å². The van der Waals surface area contributed by atoms with E-state index in [-0.39, 0.29) is 6.54 Å². The number of hydrogen-bond acceptors (Lipinski definition) is 3. The summed E-state index contributed by atoms with van der Waals surface area (Å²) in [6, 6.07) is 10.9. The summed E-state index contributed by atoms with van der Waals surface area (Å²) in [6.45, 7) is 0.0579. The van der Waals surface area contributed by atoms with Crippen molar-refractivity contribution in [3.63, 3.8) is 0 Å². The molecule has 0 saturated heterocycles. The zero-order valence-corrected chi connectivity index (χ0v) is 12.1. The van der Waals surface area contributed by atoms with Gasteiger partial charge in [-0.15, -0.1) is 0 Å². The van der Waals surface area contributed by atoms with Gasteiger partial charge in [0.05, 0.1) is 12.7 Å². The SMILES string of the molecule is COc1ccc(Sc2ccc(C(F)(F)F)cc2CN)cc1. The zero-order chi connectivity index (χ0) is 15.5. The summed E-state index contributed by atoms with van der Waals surface area (Å²) in [5.41, 5.74) is 5.36. The highest BCUT2D eigenvalue weighted by Crippen LogP contribution is 2.36. The molecule has 0 aliphatic carbocycles. The quantitative estimate of drug-likeness (QED) is 0.913. The molecule has 0 bridgehead atoms. The number of methoxy groups -OCH3 is 1. The van der Waals surface area contributed by atoms with Gasteiger partial charge in [-0.05, 0) is 48.0 Å². The summed E-state index contributed by atoms with van der Waals surface area (Å²) in [7, 11) is 1.57. The van der Waals surface area contributed by atoms with Crippen LogP contribution < -0.4 is 10.5 Å². The molecule has 2 rings (SSSR count). The summed E-state index contributed by atoms with van der Waals surface area (Å²) < 4.78 is 43.1. The van der Waals surface area contributed by atoms with E-state index in [2.05, 4.69) is 0 Å². The maximum Gasteiger partial charge on any atom is 0.416 e. The molecule has 0 unspecified atom stereocenters. The fourth-order valence-corrected chi connectivity index (χ4v) is 2.72. The van der Waals surface area contributed by atoms with Crippen LogP contribution >= 0.6 is 11.8 Å². The van der Waals surface area contributed by atoms with E-state index in [0.717, 1.165) is 27.7 Å². The van der Waals surface area contributed by atoms with Crippen LogP contribution in [-0.2, 0) is 12.7 Å². The van der Waals surface area contributed by atoms with E-state index < -0.39 is 11.7 Å². The van der Waals surface area contributed by atoms with Gasteiger partial charge in [0, 0.05) is 16.3 Å². The van der Waals surface area contributed by atoms with Crippen molar-refractivity contribution in [2.24, 2.45) is 5.73 Å². The Morgan fingerprint density at radius 3 is 2.29 bits per heavy atom. The lowest BCUT2D eigenvalue weighted by atomic mass is 10.1. The first-order chi connectivity index (χ1) is 9.94. The molecule has 0 spiro atoms. The first-order valence-electron chi connectivity index (χ1n) is 6.16. The molecule has 2 aromatic carbocycles. The van der Waals surface area contributed by atoms with Gasteiger partial charge in [-0.1, -0.05) is 11.8 Å². The molecule has 0 atom stereocenters. The molecule has 2 nitrogen and oxygen atoms in total. The molecule has 112 valence electrons. The van der Waals surface area contributed by atoms with Crippen molar-refractivity contribution in [3.05, 3.63) is 53.6 Å². The van der Waals surface area contributed by atoms with Gasteiger partial charge in [-0.25, -0.2) is 0 Å². The smallest absolute Gasteiger partial charge is 0.416 e. The van der Waals surface area contributed by atoms with Crippen LogP contribution in [0.4, 0.5) is 13.2 Å². The molecule has 0 aliphatic rings. The molecule has 0 aromatic heterocycles. The zero-order valence-electron chi connectivity index (χ0n) is 11.3. The molecule has 0 amide bonds. The molecule has 0 heterocycles. The molecule has 2 aromatic rings. The highest BCUT2D eigenvalue weighted by molar-refractivity contribution is 7.99. The van der Waals surface area contributed by atoms with Crippen LogP contribution in [0.15, 0.2) is 52.3 Å². The molecule has 6 heteroatoms. The van der Waals surface area contributed by atoms with E-state index in [1.807, 2.05) is 12.1 Å². The molecule has 0 radical (unpaired) electrons. The second-order valence-corrected chi connectivity index (χ2v) is 5.42. The first kappa shape index (κ1) is 15.7. The van der Waals surface area contributed by atoms with E-state index in [0.29, 0.717) is 5.56 Å². The predicted octanol–water partition coefficient (Wildman–Crippen LogP) is 4.32. The molecule has 0 aliphatic heterocycles. The summed E-state index contributed by atoms with van der Waals surface area (Å²) in [4.78, 5) is 1.63. The second kappa shape index (κ2) is 6.41. The van der Waals surface area contributed by atoms with Crippen molar-refractivity contribution in [2.45, 2.75) is 22.5 Å². The number of halogens is 3. The lowest BCUT2D eigenvalue weighted by molar-refractivity contribution is -0.137. The van der Waals surface area contributed by atoms with Crippen LogP contribution in [0.5, 0.6) is 5.75 Å². The van der Waals surface area contributed by atoms with Crippen LogP contribution in [0.2, 0.25) is 0 Å². The van der Waals surface area contributed by atoms with E-state index in [1.165, 1.54) is 17.8 Å². The average Bonchev–Trinajstić information content (AvgIpc) is 2.47. The molecule has 2 N–H and O–H groups in total. The normalized spacial score (nSPS) is 11.5. The van der Waals surface area contributed by atoms with Gasteiger partial charge >= 0.3 is 6.18 Å². The molecular formula is C15H14F3NOS. The predicted molar refractivity (Wildman–Crippen MR) is 76.5 cm³/mol. The Bertz CT molecular complexity index is 611. The van der Waals surface area contributed by atoms with Crippen molar-refractivity contribution < 1.29 is 17.9 Å². The molecule has 21 heavy (non-hydrogen) atoms. The topological polar surface area (TPSA) is 35.2 Å². The van der Waals surface area contributed by atoms with E-state index in [4.69, 9.17) is 10.5 Å². The second-order valence-electron chi connectivity index (χ2n) is 4.30. The standard InChI is InChI=1S/C15H14F3NOS/c1-20-12-3-5-13(6-4-12)21-14-7-2-11(15(16,17)18)8-10(14)9-19/h2-8H,9,19H2,1H3. The van der Waals surface area contributed by atoms with Crippen LogP contribution in [0.3, 0.4) is 0 Å². The van der Waals surface area contributed by atoms with E-state index in [9.17, 15) is 13.2 Å². The highest BCUT2D eigenvalue weighted by atomic mass is 32.2. The van der Waals surface area contributed by atoms with Crippen LogP contribution in [-0.4, -0.2) is 7.11 Å². The highest BCUT2D eigenvalue weighted by Gasteiger charge is 2.30. The Labute approximate surface area is 125 Å². The van der Waals surface area contributed by atoms with Gasteiger partial charge < -0.3 is 10.5 Å². The Balaban J connectivity index is 2.26. The third-order valence-electron chi connectivity index (χ3n) is 2.89. The van der Waals surface area contributed by atoms with Crippen molar-refractivity contribution in [2.75, 3.05) is 7.11 Å². The van der Waals surface area contributed by atoms with E-state index >= 15 is 0 Å². The molecular weight excluding hydrogens is 299 g/mol. The van der Waals surface area contributed by atoms with Gasteiger partial charge in [0.15, 0.2) is 0 Å². The fourth-order valence-electron chi connectivity index (χ4n) is 1.79. The lowest BCUT2D eigenvalue weighted by Gasteiger charge is -2.12. The summed E-state index contributed by atoms with van der Waals surface area (Å²) in [5, 5.41) is 0. The summed E-state index contributed by atoms with van der Waals surface area (Å²) >= 11 is 1.37. The number of ether oxygens (including phenoxy) is 1. The average molecular weight is 313 g/mol. The third-order valence-corrected chi connectivity index (χ3v) is 4.02. The monoisotopic (exact) mass is 313 g/mol. The number of nitrogens with two attached hydrogens (primary N) is 1. The largest absolute Gasteiger partial charge is 0.497 e. The number of benzene rings is 2. The van der Waals surface area contributed by atoms with Crippen LogP contribution in [0.25, 0.3) is 0 Å². The number of alkyl halides is 3. The maximum atomic E-state index is 12.7. The Kier molecular flexibility index (Phi) is 4.80. The van der Waals surface area contributed by atoms with Crippen molar-refractivity contribution in [1.29, 1.82) is 0 Å². The number of hydrogen-bond donors (Lipinski definition) is 1. The minimum absolute atomic E-state index is 0.0579. The fraction of sp³-hybridized carbons (Fsp3) is 0.200. The summed E-state index contributed by atoms with van der Waals surface area (Å²) in [5.74, 6) is 0.728. The Morgan fingerprint density at radius 2 is 1.76 bits per heavy atom. The van der Waals surface area contributed by atoms with Crippen molar-refractivity contribution in [1.82, 2.24) is 0 Å². The van der Waals surface area contributed by atoms with Gasteiger partial charge in [0.1, 0.15) is 5.75 Å². The Morgan fingerprint density at radius 1 is 1.10 bits per heavy atom. The number of rotatable bonds is 4. The maximum absolute atomic E-state index is 12.7.